The molecule has 0 bridgehead atoms. The van der Waals surface area contributed by atoms with E-state index in [1.54, 1.807) is 0 Å². The summed E-state index contributed by atoms with van der Waals surface area (Å²) in [6, 6.07) is 0. The van der Waals surface area contributed by atoms with Crippen molar-refractivity contribution >= 4 is 6.70 Å². The van der Waals surface area contributed by atoms with Crippen molar-refractivity contribution in [2.24, 2.45) is 0 Å². The molecule has 0 saturated heterocycles. The molecule has 0 fully saturated rings. The van der Waals surface area contributed by atoms with E-state index in [2.05, 4.69) is 0 Å². The highest BCUT2D eigenvalue weighted by Gasteiger charge is 2.20. The molecule has 0 unspecified atom stereocenters. The normalized spacial score (nSPS) is 9.14. The molecule has 0 aromatic carbocycles. The van der Waals surface area contributed by atoms with Crippen LogP contribution in [0, 0.1) is 22.5 Å². The van der Waals surface area contributed by atoms with E-state index >= 15 is 0 Å². The summed E-state index contributed by atoms with van der Waals surface area (Å²) in [7, 11) is 0. The fourth-order valence-electron chi connectivity index (χ4n) is 0.0289. The summed E-state index contributed by atoms with van der Waals surface area (Å²) in [5.74, 6) is 1.12. The van der Waals surface area contributed by atoms with Gasteiger partial charge in [-0.1, -0.05) is 11.9 Å². The van der Waals surface area contributed by atoms with Gasteiger partial charge in [-0.05, 0) is 0 Å². The number of rotatable bonds is 0. The van der Waals surface area contributed by atoms with Gasteiger partial charge in [0.1, 0.15) is 0 Å². The maximum absolute atomic E-state index is 11.2. The number of nitrogens with zero attached hydrogens (tertiary/aromatic N) is 2. The first-order valence-electron chi connectivity index (χ1n) is 1.46. The standard InChI is InChI=1S/C2BF2N2/c4-3(5,1-6)2-7/q-1. The Hall–Kier alpha value is -1.10. The van der Waals surface area contributed by atoms with Crippen LogP contribution in [-0.2, 0) is 0 Å². The molecule has 0 amide bonds. The van der Waals surface area contributed by atoms with Gasteiger partial charge in [0, 0.05) is 0 Å². The Balaban J connectivity index is 4.00. The van der Waals surface area contributed by atoms with E-state index in [9.17, 15) is 8.63 Å². The van der Waals surface area contributed by atoms with Gasteiger partial charge in [0.25, 0.3) is 0 Å². The van der Waals surface area contributed by atoms with E-state index in [1.165, 1.54) is 0 Å². The average Bonchev–Trinajstić information content (AvgIpc) is 1.68. The van der Waals surface area contributed by atoms with Crippen molar-refractivity contribution in [1.82, 2.24) is 0 Å². The lowest BCUT2D eigenvalue weighted by molar-refractivity contribution is 0.656. The minimum atomic E-state index is -4.36. The maximum atomic E-state index is 11.2. The van der Waals surface area contributed by atoms with Crippen LogP contribution in [0.4, 0.5) is 8.63 Å². The summed E-state index contributed by atoms with van der Waals surface area (Å²) >= 11 is 0. The first-order valence-corrected chi connectivity index (χ1v) is 1.46. The van der Waals surface area contributed by atoms with Crippen LogP contribution in [0.25, 0.3) is 0 Å². The van der Waals surface area contributed by atoms with Crippen molar-refractivity contribution in [2.75, 3.05) is 0 Å². The summed E-state index contributed by atoms with van der Waals surface area (Å²) in [5.41, 5.74) is 0. The zero-order valence-corrected chi connectivity index (χ0v) is 3.23. The molecule has 0 aromatic rings. The van der Waals surface area contributed by atoms with Crippen LogP contribution in [-0.4, -0.2) is 6.70 Å². The van der Waals surface area contributed by atoms with Crippen LogP contribution >= 0.6 is 0 Å². The molecule has 0 aliphatic heterocycles. The van der Waals surface area contributed by atoms with Gasteiger partial charge in [0.15, 0.2) is 0 Å². The monoisotopic (exact) mass is 101 g/mol. The number of halogens is 2. The van der Waals surface area contributed by atoms with Crippen molar-refractivity contribution in [2.45, 2.75) is 0 Å². The first-order chi connectivity index (χ1) is 3.12. The molecule has 0 saturated carbocycles. The van der Waals surface area contributed by atoms with E-state index in [-0.39, 0.29) is 0 Å². The van der Waals surface area contributed by atoms with E-state index in [4.69, 9.17) is 10.5 Å². The largest absolute Gasteiger partial charge is 0.504 e. The van der Waals surface area contributed by atoms with Gasteiger partial charge in [0.2, 0.25) is 0 Å². The Morgan fingerprint density at radius 1 is 1.14 bits per heavy atom. The molecule has 0 rings (SSSR count). The zero-order valence-electron chi connectivity index (χ0n) is 3.23. The summed E-state index contributed by atoms with van der Waals surface area (Å²) in [6.07, 6.45) is 0. The van der Waals surface area contributed by atoms with Crippen LogP contribution in [0.5, 0.6) is 0 Å². The second-order valence-electron chi connectivity index (χ2n) is 0.921. The summed E-state index contributed by atoms with van der Waals surface area (Å²) in [5, 5.41) is 14.8. The van der Waals surface area contributed by atoms with Crippen molar-refractivity contribution < 1.29 is 8.63 Å². The average molecular weight is 101 g/mol. The molecule has 36 valence electrons. The third kappa shape index (κ3) is 1.72. The summed E-state index contributed by atoms with van der Waals surface area (Å²) in [4.78, 5) is 0. The molecule has 5 heteroatoms. The Morgan fingerprint density at radius 3 is 1.43 bits per heavy atom. The van der Waals surface area contributed by atoms with Gasteiger partial charge < -0.3 is 8.63 Å². The molecule has 0 N–H and O–H groups in total. The van der Waals surface area contributed by atoms with Gasteiger partial charge in [-0.2, -0.15) is 0 Å². The molecule has 0 radical (unpaired) electrons. The Bertz CT molecular complexity index is 125. The second-order valence-corrected chi connectivity index (χ2v) is 0.921. The smallest absolute Gasteiger partial charge is 0.453 e. The lowest BCUT2D eigenvalue weighted by Gasteiger charge is -1.97. The van der Waals surface area contributed by atoms with E-state index in [0.29, 0.717) is 11.9 Å². The Morgan fingerprint density at radius 2 is 1.43 bits per heavy atom. The first kappa shape index (κ1) is 5.90. The molecule has 0 aliphatic carbocycles. The Kier molecular flexibility index (Phi) is 1.32. The van der Waals surface area contributed by atoms with Gasteiger partial charge in [-0.3, -0.25) is 0 Å². The molecule has 0 aromatic heterocycles. The van der Waals surface area contributed by atoms with Crippen LogP contribution in [0.3, 0.4) is 0 Å². The Labute approximate surface area is 39.0 Å². The van der Waals surface area contributed by atoms with Crippen molar-refractivity contribution in [1.29, 1.82) is 10.5 Å². The fraction of sp³-hybridized carbons (Fsp3) is 0. The topological polar surface area (TPSA) is 47.6 Å². The van der Waals surface area contributed by atoms with Gasteiger partial charge in [-0.25, -0.2) is 10.5 Å². The van der Waals surface area contributed by atoms with Gasteiger partial charge >= 0.3 is 6.70 Å². The van der Waals surface area contributed by atoms with Crippen LogP contribution < -0.4 is 0 Å². The van der Waals surface area contributed by atoms with E-state index < -0.39 is 6.70 Å². The van der Waals surface area contributed by atoms with Crippen LogP contribution in [0.2, 0.25) is 0 Å². The van der Waals surface area contributed by atoms with E-state index in [0.717, 1.165) is 0 Å². The fourth-order valence-corrected chi connectivity index (χ4v) is 0.0289. The number of hydrogen-bond donors (Lipinski definition) is 0. The SMILES string of the molecule is N#C[B-](F)(F)C#N. The lowest BCUT2D eigenvalue weighted by atomic mass is 9.70. The molecule has 0 aliphatic rings. The second kappa shape index (κ2) is 1.57. The van der Waals surface area contributed by atoms with Crippen molar-refractivity contribution in [3.63, 3.8) is 0 Å². The molecule has 0 atom stereocenters. The third-order valence-corrected chi connectivity index (χ3v) is 0.324. The quantitative estimate of drug-likeness (QED) is 0.417. The van der Waals surface area contributed by atoms with Crippen molar-refractivity contribution in [3.8, 4) is 11.9 Å². The van der Waals surface area contributed by atoms with Crippen LogP contribution in [0.15, 0.2) is 0 Å². The zero-order chi connectivity index (χ0) is 5.91. The maximum Gasteiger partial charge on any atom is 0.504 e. The van der Waals surface area contributed by atoms with Crippen LogP contribution in [0.1, 0.15) is 0 Å². The molecule has 0 heterocycles. The molecule has 0 spiro atoms. The minimum absolute atomic E-state index is 0.559. The summed E-state index contributed by atoms with van der Waals surface area (Å²) in [6.45, 7) is -4.36. The highest BCUT2D eigenvalue weighted by atomic mass is 19.2. The highest BCUT2D eigenvalue weighted by Crippen LogP contribution is 1.99. The molecule has 2 nitrogen and oxygen atoms in total. The predicted molar refractivity (Wildman–Crippen MR) is 19.2 cm³/mol. The van der Waals surface area contributed by atoms with Gasteiger partial charge in [-0.15, -0.1) is 0 Å². The van der Waals surface area contributed by atoms with E-state index in [1.807, 2.05) is 0 Å². The highest BCUT2D eigenvalue weighted by molar-refractivity contribution is 6.81. The molecular formula is C2BF2N2-. The lowest BCUT2D eigenvalue weighted by Crippen LogP contribution is -2.15. The third-order valence-electron chi connectivity index (χ3n) is 0.324. The number of nitriles is 2. The predicted octanol–water partition coefficient (Wildman–Crippen LogP) is 0.493. The summed E-state index contributed by atoms with van der Waals surface area (Å²) < 4.78 is 22.4. The van der Waals surface area contributed by atoms with Crippen molar-refractivity contribution in [3.05, 3.63) is 0 Å². The molecule has 7 heavy (non-hydrogen) atoms. The minimum Gasteiger partial charge on any atom is -0.453 e. The molecular weight excluding hydrogens is 101 g/mol. The van der Waals surface area contributed by atoms with Gasteiger partial charge in [0.05, 0.1) is 0 Å². The number of hydrogen-bond acceptors (Lipinski definition) is 2.